The van der Waals surface area contributed by atoms with Crippen LogP contribution in [0.2, 0.25) is 0 Å². The Balaban J connectivity index is 1.29. The summed E-state index contributed by atoms with van der Waals surface area (Å²) in [6.07, 6.45) is 6.45. The van der Waals surface area contributed by atoms with Crippen molar-refractivity contribution in [2.24, 2.45) is 0 Å². The zero-order valence-electron chi connectivity index (χ0n) is 14.7. The average Bonchev–Trinajstić information content (AvgIpc) is 3.43. The smallest absolute Gasteiger partial charge is 0.235 e. The van der Waals surface area contributed by atoms with E-state index in [1.807, 2.05) is 41.1 Å². The number of nitrogens with one attached hydrogen (secondary N) is 2. The van der Waals surface area contributed by atoms with E-state index in [9.17, 15) is 4.79 Å². The number of hydrogen-bond acceptors (Lipinski definition) is 7. The maximum Gasteiger partial charge on any atom is 0.235 e. The molecule has 2 heterocycles. The average molecular weight is 401 g/mol. The zero-order valence-corrected chi connectivity index (χ0v) is 16.3. The molecule has 0 spiro atoms. The Kier molecular flexibility index (Phi) is 5.69. The minimum atomic E-state index is -0.0625. The van der Waals surface area contributed by atoms with Gasteiger partial charge in [-0.2, -0.15) is 5.10 Å². The van der Waals surface area contributed by atoms with Gasteiger partial charge in [0.1, 0.15) is 5.82 Å². The second-order valence-corrected chi connectivity index (χ2v) is 8.50. The number of hydrogen-bond donors (Lipinski definition) is 2. The number of amides is 1. The Morgan fingerprint density at radius 2 is 2.00 bits per heavy atom. The van der Waals surface area contributed by atoms with Crippen LogP contribution in [0.1, 0.15) is 31.7 Å². The van der Waals surface area contributed by atoms with Gasteiger partial charge in [0.15, 0.2) is 4.34 Å². The van der Waals surface area contributed by atoms with Crippen molar-refractivity contribution in [3.05, 3.63) is 42.6 Å². The molecular formula is C18H20N6OS2. The Morgan fingerprint density at radius 3 is 2.81 bits per heavy atom. The number of carbonyl (C=O) groups is 1. The molecule has 1 aromatic carbocycles. The summed E-state index contributed by atoms with van der Waals surface area (Å²) in [4.78, 5) is 12.3. The van der Waals surface area contributed by atoms with Crippen LogP contribution in [0.15, 0.2) is 46.9 Å². The summed E-state index contributed by atoms with van der Waals surface area (Å²) in [7, 11) is 0. The topological polar surface area (TPSA) is 84.7 Å². The lowest BCUT2D eigenvalue weighted by atomic mass is 10.2. The van der Waals surface area contributed by atoms with Crippen LogP contribution in [0.4, 0.5) is 16.6 Å². The second-order valence-electron chi connectivity index (χ2n) is 6.30. The summed E-state index contributed by atoms with van der Waals surface area (Å²) in [5, 5.41) is 19.5. The molecule has 140 valence electrons. The maximum atomic E-state index is 12.3. The van der Waals surface area contributed by atoms with Crippen LogP contribution in [-0.4, -0.2) is 31.6 Å². The Hall–Kier alpha value is -2.39. The van der Waals surface area contributed by atoms with Gasteiger partial charge in [0, 0.05) is 11.8 Å². The predicted octanol–water partition coefficient (Wildman–Crippen LogP) is 4.32. The SMILES string of the molecule is O=C(CSc1nnc(Nc2ccccc2)s1)Nc1ccnn1C1CCCC1. The first-order valence-electron chi connectivity index (χ1n) is 8.90. The van der Waals surface area contributed by atoms with Crippen LogP contribution in [0.3, 0.4) is 0 Å². The molecule has 0 radical (unpaired) electrons. The monoisotopic (exact) mass is 400 g/mol. The van der Waals surface area contributed by atoms with Gasteiger partial charge in [-0.05, 0) is 25.0 Å². The molecule has 0 unspecified atom stereocenters. The van der Waals surface area contributed by atoms with Gasteiger partial charge < -0.3 is 10.6 Å². The number of para-hydroxylation sites is 1. The van der Waals surface area contributed by atoms with Crippen LogP contribution in [0, 0.1) is 0 Å². The van der Waals surface area contributed by atoms with Crippen LogP contribution in [-0.2, 0) is 4.79 Å². The van der Waals surface area contributed by atoms with E-state index in [4.69, 9.17) is 0 Å². The maximum absolute atomic E-state index is 12.3. The molecule has 0 bridgehead atoms. The third-order valence-electron chi connectivity index (χ3n) is 4.37. The third-order valence-corrected chi connectivity index (χ3v) is 6.34. The molecule has 3 aromatic rings. The van der Waals surface area contributed by atoms with E-state index in [1.165, 1.54) is 35.9 Å². The van der Waals surface area contributed by atoms with E-state index in [0.29, 0.717) is 11.2 Å². The van der Waals surface area contributed by atoms with E-state index in [1.54, 1.807) is 6.20 Å². The standard InChI is InChI=1S/C18H20N6OS2/c25-16(21-15-10-11-19-24(15)14-8-4-5-9-14)12-26-18-23-22-17(27-18)20-13-6-2-1-3-7-13/h1-3,6-7,10-11,14H,4-5,8-9,12H2,(H,20,22)(H,21,25). The Labute approximate surface area is 165 Å². The van der Waals surface area contributed by atoms with Crippen molar-refractivity contribution in [3.8, 4) is 0 Å². The predicted molar refractivity (Wildman–Crippen MR) is 109 cm³/mol. The van der Waals surface area contributed by atoms with Crippen molar-refractivity contribution in [3.63, 3.8) is 0 Å². The molecule has 27 heavy (non-hydrogen) atoms. The van der Waals surface area contributed by atoms with Crippen molar-refractivity contribution in [1.29, 1.82) is 0 Å². The van der Waals surface area contributed by atoms with Crippen molar-refractivity contribution >= 4 is 45.6 Å². The molecule has 2 N–H and O–H groups in total. The molecule has 1 amide bonds. The highest BCUT2D eigenvalue weighted by Crippen LogP contribution is 2.31. The third kappa shape index (κ3) is 4.67. The van der Waals surface area contributed by atoms with Crippen LogP contribution in [0.5, 0.6) is 0 Å². The second kappa shape index (κ2) is 8.53. The molecule has 4 rings (SSSR count). The quantitative estimate of drug-likeness (QED) is 0.575. The van der Waals surface area contributed by atoms with Crippen molar-refractivity contribution < 1.29 is 4.79 Å². The summed E-state index contributed by atoms with van der Waals surface area (Å²) in [6.45, 7) is 0. The Morgan fingerprint density at radius 1 is 1.19 bits per heavy atom. The molecule has 1 fully saturated rings. The van der Waals surface area contributed by atoms with E-state index in [-0.39, 0.29) is 11.7 Å². The fourth-order valence-electron chi connectivity index (χ4n) is 3.12. The molecule has 0 atom stereocenters. The van der Waals surface area contributed by atoms with Crippen LogP contribution in [0.25, 0.3) is 0 Å². The first kappa shape index (κ1) is 18.0. The van der Waals surface area contributed by atoms with Crippen LogP contribution < -0.4 is 10.6 Å². The van der Waals surface area contributed by atoms with E-state index < -0.39 is 0 Å². The van der Waals surface area contributed by atoms with Crippen molar-refractivity contribution in [2.45, 2.75) is 36.1 Å². The number of carbonyl (C=O) groups excluding carboxylic acids is 1. The lowest BCUT2D eigenvalue weighted by Gasteiger charge is -2.14. The van der Waals surface area contributed by atoms with Gasteiger partial charge in [0.05, 0.1) is 18.0 Å². The molecule has 1 saturated carbocycles. The van der Waals surface area contributed by atoms with Gasteiger partial charge >= 0.3 is 0 Å². The Bertz CT molecular complexity index is 888. The molecular weight excluding hydrogens is 380 g/mol. The molecule has 1 aliphatic rings. The fourth-order valence-corrected chi connectivity index (χ4v) is 4.70. The van der Waals surface area contributed by atoms with Crippen molar-refractivity contribution in [1.82, 2.24) is 20.0 Å². The molecule has 0 saturated heterocycles. The zero-order chi connectivity index (χ0) is 18.5. The largest absolute Gasteiger partial charge is 0.330 e. The molecule has 0 aliphatic heterocycles. The van der Waals surface area contributed by atoms with E-state index in [0.717, 1.165) is 28.7 Å². The fraction of sp³-hybridized carbons (Fsp3) is 0.333. The molecule has 1 aliphatic carbocycles. The molecule has 7 nitrogen and oxygen atoms in total. The van der Waals surface area contributed by atoms with E-state index >= 15 is 0 Å². The van der Waals surface area contributed by atoms with Gasteiger partial charge in [0.2, 0.25) is 11.0 Å². The first-order chi connectivity index (χ1) is 13.3. The van der Waals surface area contributed by atoms with Gasteiger partial charge in [-0.15, -0.1) is 10.2 Å². The lowest BCUT2D eigenvalue weighted by molar-refractivity contribution is -0.113. The van der Waals surface area contributed by atoms with Gasteiger partial charge in [0.25, 0.3) is 0 Å². The minimum absolute atomic E-state index is 0.0625. The van der Waals surface area contributed by atoms with Gasteiger partial charge in [-0.25, -0.2) is 4.68 Å². The summed E-state index contributed by atoms with van der Waals surface area (Å²) in [5.74, 6) is 0.999. The number of benzene rings is 1. The normalized spacial score (nSPS) is 14.4. The number of anilines is 3. The summed E-state index contributed by atoms with van der Waals surface area (Å²) < 4.78 is 2.70. The number of aromatic nitrogens is 4. The molecule has 2 aromatic heterocycles. The van der Waals surface area contributed by atoms with Gasteiger partial charge in [-0.1, -0.05) is 54.1 Å². The van der Waals surface area contributed by atoms with Gasteiger partial charge in [-0.3, -0.25) is 4.79 Å². The number of rotatable bonds is 7. The first-order valence-corrected chi connectivity index (χ1v) is 10.7. The summed E-state index contributed by atoms with van der Waals surface area (Å²) in [5.41, 5.74) is 0.961. The van der Waals surface area contributed by atoms with Crippen molar-refractivity contribution in [2.75, 3.05) is 16.4 Å². The highest BCUT2D eigenvalue weighted by atomic mass is 32.2. The van der Waals surface area contributed by atoms with E-state index in [2.05, 4.69) is 25.9 Å². The highest BCUT2D eigenvalue weighted by Gasteiger charge is 2.20. The summed E-state index contributed by atoms with van der Waals surface area (Å²) in [6, 6.07) is 12.1. The number of nitrogens with zero attached hydrogens (tertiary/aromatic N) is 4. The molecule has 9 heteroatoms. The highest BCUT2D eigenvalue weighted by molar-refractivity contribution is 8.01. The minimum Gasteiger partial charge on any atom is -0.330 e. The summed E-state index contributed by atoms with van der Waals surface area (Å²) >= 11 is 2.82. The lowest BCUT2D eigenvalue weighted by Crippen LogP contribution is -2.19. The number of thioether (sulfide) groups is 1. The van der Waals surface area contributed by atoms with Crippen LogP contribution >= 0.6 is 23.1 Å².